The number of nitrogens with zero attached hydrogens (tertiary/aromatic N) is 4. The molecule has 2 aromatic rings. The molecule has 3 heterocycles. The Labute approximate surface area is 188 Å². The maximum absolute atomic E-state index is 13.4. The first-order chi connectivity index (χ1) is 15.5. The minimum absolute atomic E-state index is 0.0620. The normalized spacial score (nSPS) is 18.2. The van der Waals surface area contributed by atoms with Crippen molar-refractivity contribution in [3.63, 3.8) is 0 Å². The molecule has 0 radical (unpaired) electrons. The lowest BCUT2D eigenvalue weighted by Crippen LogP contribution is -2.44. The van der Waals surface area contributed by atoms with Crippen LogP contribution in [0.3, 0.4) is 0 Å². The number of nitrogens with one attached hydrogen (secondary N) is 1. The second kappa shape index (κ2) is 9.54. The highest BCUT2D eigenvalue weighted by molar-refractivity contribution is 5.96. The summed E-state index contributed by atoms with van der Waals surface area (Å²) < 4.78 is 1.77. The molecule has 1 N–H and O–H groups in total. The molecular weight excluding hydrogens is 406 g/mol. The van der Waals surface area contributed by atoms with Gasteiger partial charge in [0.1, 0.15) is 0 Å². The highest BCUT2D eigenvalue weighted by atomic mass is 16.2. The zero-order valence-corrected chi connectivity index (χ0v) is 18.8. The third-order valence-electron chi connectivity index (χ3n) is 6.38. The molecule has 1 unspecified atom stereocenters. The summed E-state index contributed by atoms with van der Waals surface area (Å²) in [5.74, 6) is -0.344. The van der Waals surface area contributed by atoms with Gasteiger partial charge < -0.3 is 15.1 Å². The average Bonchev–Trinajstić information content (AvgIpc) is 3.15. The molecule has 1 aromatic heterocycles. The van der Waals surface area contributed by atoms with E-state index < -0.39 is 0 Å². The van der Waals surface area contributed by atoms with E-state index in [0.29, 0.717) is 44.7 Å². The Hall–Kier alpha value is -3.16. The van der Waals surface area contributed by atoms with Gasteiger partial charge in [0, 0.05) is 63.0 Å². The van der Waals surface area contributed by atoms with E-state index in [1.54, 1.807) is 9.58 Å². The predicted octanol–water partition coefficient (Wildman–Crippen LogP) is 2.60. The molecule has 0 bridgehead atoms. The van der Waals surface area contributed by atoms with E-state index in [9.17, 15) is 14.4 Å². The highest BCUT2D eigenvalue weighted by Crippen LogP contribution is 2.26. The van der Waals surface area contributed by atoms with Crippen LogP contribution in [0.5, 0.6) is 0 Å². The molecule has 1 fully saturated rings. The standard InChI is InChI=1S/C24H31N5O3/c1-3-8-21(30)28-14-12-20-19(16-28)22(26-27(20)2)24(32)29-13-7-9-17(15-29)23(31)25-18-10-5-4-6-11-18/h4-6,10-11,17H,3,7-9,12-16H2,1-2H3,(H,25,31). The Morgan fingerprint density at radius 1 is 1.12 bits per heavy atom. The van der Waals surface area contributed by atoms with E-state index >= 15 is 0 Å². The molecule has 0 aliphatic carbocycles. The summed E-state index contributed by atoms with van der Waals surface area (Å²) in [6, 6.07) is 9.38. The van der Waals surface area contributed by atoms with Crippen LogP contribution in [-0.4, -0.2) is 56.9 Å². The van der Waals surface area contributed by atoms with Crippen molar-refractivity contribution in [2.75, 3.05) is 25.0 Å². The van der Waals surface area contributed by atoms with Gasteiger partial charge in [-0.2, -0.15) is 5.10 Å². The number of piperidine rings is 1. The fraction of sp³-hybridized carbons (Fsp3) is 0.500. The van der Waals surface area contributed by atoms with Gasteiger partial charge >= 0.3 is 0 Å². The van der Waals surface area contributed by atoms with Crippen molar-refractivity contribution < 1.29 is 14.4 Å². The number of carbonyl (C=O) groups is 3. The van der Waals surface area contributed by atoms with Crippen molar-refractivity contribution in [2.24, 2.45) is 13.0 Å². The number of benzene rings is 1. The van der Waals surface area contributed by atoms with Gasteiger partial charge in [0.05, 0.1) is 5.92 Å². The van der Waals surface area contributed by atoms with E-state index in [-0.39, 0.29) is 23.6 Å². The summed E-state index contributed by atoms with van der Waals surface area (Å²) in [7, 11) is 1.85. The maximum atomic E-state index is 13.4. The van der Waals surface area contributed by atoms with Crippen LogP contribution in [-0.2, 0) is 29.6 Å². The van der Waals surface area contributed by atoms with Crippen LogP contribution in [0.25, 0.3) is 0 Å². The molecule has 0 spiro atoms. The Bertz CT molecular complexity index is 1000. The molecule has 8 nitrogen and oxygen atoms in total. The molecule has 2 aliphatic heterocycles. The first-order valence-corrected chi connectivity index (χ1v) is 11.5. The molecule has 170 valence electrons. The molecule has 32 heavy (non-hydrogen) atoms. The molecule has 0 saturated carbocycles. The number of rotatable bonds is 5. The van der Waals surface area contributed by atoms with Gasteiger partial charge in [-0.15, -0.1) is 0 Å². The van der Waals surface area contributed by atoms with E-state index in [4.69, 9.17) is 0 Å². The van der Waals surface area contributed by atoms with Crippen molar-refractivity contribution in [2.45, 2.75) is 45.6 Å². The summed E-state index contributed by atoms with van der Waals surface area (Å²) in [6.45, 7) is 4.06. The summed E-state index contributed by atoms with van der Waals surface area (Å²) in [5, 5.41) is 7.49. The zero-order valence-electron chi connectivity index (χ0n) is 18.8. The monoisotopic (exact) mass is 437 g/mol. The molecule has 1 saturated heterocycles. The average molecular weight is 438 g/mol. The molecule has 2 aliphatic rings. The fourth-order valence-corrected chi connectivity index (χ4v) is 4.64. The van der Waals surface area contributed by atoms with Crippen LogP contribution in [0.2, 0.25) is 0 Å². The van der Waals surface area contributed by atoms with Gasteiger partial charge in [-0.05, 0) is 31.4 Å². The van der Waals surface area contributed by atoms with Gasteiger partial charge in [-0.3, -0.25) is 19.1 Å². The molecular formula is C24H31N5O3. The minimum atomic E-state index is -0.255. The predicted molar refractivity (Wildman–Crippen MR) is 121 cm³/mol. The van der Waals surface area contributed by atoms with E-state index in [1.807, 2.05) is 49.2 Å². The number of amides is 3. The lowest BCUT2D eigenvalue weighted by molar-refractivity contribution is -0.132. The second-order valence-corrected chi connectivity index (χ2v) is 8.66. The number of carbonyl (C=O) groups excluding carboxylic acids is 3. The quantitative estimate of drug-likeness (QED) is 0.779. The molecule has 1 atom stereocenters. The van der Waals surface area contributed by atoms with Crippen LogP contribution >= 0.6 is 0 Å². The van der Waals surface area contributed by atoms with Crippen molar-refractivity contribution in [1.82, 2.24) is 19.6 Å². The van der Waals surface area contributed by atoms with Crippen LogP contribution in [0.1, 0.15) is 54.4 Å². The van der Waals surface area contributed by atoms with Crippen LogP contribution in [0.15, 0.2) is 30.3 Å². The smallest absolute Gasteiger partial charge is 0.274 e. The number of aryl methyl sites for hydroxylation is 1. The zero-order chi connectivity index (χ0) is 22.7. The Morgan fingerprint density at radius 3 is 2.66 bits per heavy atom. The SMILES string of the molecule is CCCC(=O)N1CCc2c(c(C(=O)N3CCCC(C(=O)Nc4ccccc4)C3)nn2C)C1. The number of fused-ring (bicyclic) bond motifs is 1. The first-order valence-electron chi connectivity index (χ1n) is 11.5. The van der Waals surface area contributed by atoms with Crippen LogP contribution in [0, 0.1) is 5.92 Å². The molecule has 4 rings (SSSR count). The lowest BCUT2D eigenvalue weighted by atomic mass is 9.96. The fourth-order valence-electron chi connectivity index (χ4n) is 4.64. The van der Waals surface area contributed by atoms with Crippen molar-refractivity contribution in [3.8, 4) is 0 Å². The van der Waals surface area contributed by atoms with Crippen LogP contribution < -0.4 is 5.32 Å². The van der Waals surface area contributed by atoms with Gasteiger partial charge in [0.15, 0.2) is 5.69 Å². The number of hydrogen-bond acceptors (Lipinski definition) is 4. The second-order valence-electron chi connectivity index (χ2n) is 8.66. The van der Waals surface area contributed by atoms with E-state index in [1.165, 1.54) is 0 Å². The number of likely N-dealkylation sites (tertiary alicyclic amines) is 1. The number of hydrogen-bond donors (Lipinski definition) is 1. The summed E-state index contributed by atoms with van der Waals surface area (Å²) in [6.07, 6.45) is 3.55. The summed E-state index contributed by atoms with van der Waals surface area (Å²) in [4.78, 5) is 42.2. The summed E-state index contributed by atoms with van der Waals surface area (Å²) >= 11 is 0. The number of anilines is 1. The topological polar surface area (TPSA) is 87.5 Å². The number of para-hydroxylation sites is 1. The third kappa shape index (κ3) is 4.54. The van der Waals surface area contributed by atoms with Crippen molar-refractivity contribution in [1.29, 1.82) is 0 Å². The summed E-state index contributed by atoms with van der Waals surface area (Å²) in [5.41, 5.74) is 3.05. The minimum Gasteiger partial charge on any atom is -0.338 e. The Balaban J connectivity index is 1.47. The van der Waals surface area contributed by atoms with Gasteiger partial charge in [0.25, 0.3) is 5.91 Å². The largest absolute Gasteiger partial charge is 0.338 e. The highest BCUT2D eigenvalue weighted by Gasteiger charge is 2.34. The maximum Gasteiger partial charge on any atom is 0.274 e. The van der Waals surface area contributed by atoms with Crippen LogP contribution in [0.4, 0.5) is 5.69 Å². The van der Waals surface area contributed by atoms with E-state index in [2.05, 4.69) is 10.4 Å². The van der Waals surface area contributed by atoms with Crippen molar-refractivity contribution >= 4 is 23.4 Å². The first kappa shape index (κ1) is 22.0. The number of aromatic nitrogens is 2. The van der Waals surface area contributed by atoms with Gasteiger partial charge in [-0.25, -0.2) is 0 Å². The molecule has 3 amide bonds. The molecule has 1 aromatic carbocycles. The third-order valence-corrected chi connectivity index (χ3v) is 6.38. The van der Waals surface area contributed by atoms with Crippen molar-refractivity contribution in [3.05, 3.63) is 47.3 Å². The van der Waals surface area contributed by atoms with Gasteiger partial charge in [0.2, 0.25) is 11.8 Å². The molecule has 8 heteroatoms. The lowest BCUT2D eigenvalue weighted by Gasteiger charge is -2.32. The van der Waals surface area contributed by atoms with E-state index in [0.717, 1.165) is 36.2 Å². The Kier molecular flexibility index (Phi) is 6.58. The Morgan fingerprint density at radius 2 is 1.91 bits per heavy atom. The van der Waals surface area contributed by atoms with Gasteiger partial charge in [-0.1, -0.05) is 25.1 Å².